The molecule has 1 saturated heterocycles. The topological polar surface area (TPSA) is 41.2 Å². The summed E-state index contributed by atoms with van der Waals surface area (Å²) in [6, 6.07) is 18.3. The van der Waals surface area contributed by atoms with E-state index in [2.05, 4.69) is 51.5 Å². The number of aromatic amines is 1. The fourth-order valence-electron chi connectivity index (χ4n) is 3.92. The number of hydrogen-bond acceptors (Lipinski definition) is 3. The summed E-state index contributed by atoms with van der Waals surface area (Å²) in [6.07, 6.45) is 4.31. The second-order valence-corrected chi connectivity index (χ2v) is 7.82. The lowest BCUT2D eigenvalue weighted by molar-refractivity contribution is 0.0827. The minimum Gasteiger partial charge on any atom is -0.375 e. The Morgan fingerprint density at radius 1 is 1.11 bits per heavy atom. The van der Waals surface area contributed by atoms with E-state index in [1.165, 1.54) is 29.7 Å². The van der Waals surface area contributed by atoms with Crippen molar-refractivity contribution in [3.63, 3.8) is 0 Å². The number of ether oxygens (including phenoxy) is 1. The first kappa shape index (κ1) is 19.2. The summed E-state index contributed by atoms with van der Waals surface area (Å²) in [6.45, 7) is 4.58. The van der Waals surface area contributed by atoms with Crippen LogP contribution in [0, 0.1) is 0 Å². The summed E-state index contributed by atoms with van der Waals surface area (Å²) < 4.78 is 5.88. The van der Waals surface area contributed by atoms with Crippen molar-refractivity contribution in [2.24, 2.45) is 0 Å². The molecule has 4 nitrogen and oxygen atoms in total. The fourth-order valence-corrected chi connectivity index (χ4v) is 4.04. The monoisotopic (exact) mass is 395 g/mol. The molecule has 1 aliphatic rings. The summed E-state index contributed by atoms with van der Waals surface area (Å²) >= 11 is 6.04. The molecule has 28 heavy (non-hydrogen) atoms. The van der Waals surface area contributed by atoms with Crippen molar-refractivity contribution in [2.45, 2.75) is 25.4 Å². The molecule has 0 amide bonds. The van der Waals surface area contributed by atoms with Gasteiger partial charge in [0.25, 0.3) is 0 Å². The number of aromatic nitrogens is 2. The van der Waals surface area contributed by atoms with Crippen LogP contribution in [0.1, 0.15) is 30.0 Å². The Morgan fingerprint density at radius 3 is 2.75 bits per heavy atom. The summed E-state index contributed by atoms with van der Waals surface area (Å²) in [4.78, 5) is 2.51. The Bertz CT molecular complexity index is 863. The van der Waals surface area contributed by atoms with E-state index >= 15 is 0 Å². The highest BCUT2D eigenvalue weighted by molar-refractivity contribution is 6.30. The van der Waals surface area contributed by atoms with Crippen molar-refractivity contribution < 1.29 is 4.74 Å². The molecule has 0 radical (unpaired) electrons. The third-order valence-corrected chi connectivity index (χ3v) is 5.65. The Hall–Kier alpha value is -2.14. The first-order valence-corrected chi connectivity index (χ1v) is 10.3. The van der Waals surface area contributed by atoms with Gasteiger partial charge in [0.05, 0.1) is 19.4 Å². The van der Waals surface area contributed by atoms with Gasteiger partial charge in [-0.2, -0.15) is 5.10 Å². The number of likely N-dealkylation sites (tertiary alicyclic amines) is 1. The molecule has 1 aromatic heterocycles. The van der Waals surface area contributed by atoms with E-state index in [4.69, 9.17) is 16.3 Å². The number of rotatable bonds is 7. The highest BCUT2D eigenvalue weighted by atomic mass is 35.5. The molecule has 0 spiro atoms. The van der Waals surface area contributed by atoms with Crippen LogP contribution < -0.4 is 0 Å². The van der Waals surface area contributed by atoms with Gasteiger partial charge < -0.3 is 9.64 Å². The lowest BCUT2D eigenvalue weighted by Gasteiger charge is -2.32. The Balaban J connectivity index is 1.33. The molecule has 0 aliphatic carbocycles. The van der Waals surface area contributed by atoms with Gasteiger partial charge in [0.2, 0.25) is 0 Å². The lowest BCUT2D eigenvalue weighted by Crippen LogP contribution is -2.36. The van der Waals surface area contributed by atoms with Crippen LogP contribution in [0.15, 0.2) is 60.8 Å². The largest absolute Gasteiger partial charge is 0.375 e. The molecule has 0 unspecified atom stereocenters. The molecule has 1 N–H and O–H groups in total. The zero-order valence-electron chi connectivity index (χ0n) is 16.0. The number of halogens is 1. The van der Waals surface area contributed by atoms with Crippen LogP contribution in [0.25, 0.3) is 11.1 Å². The van der Waals surface area contributed by atoms with Crippen molar-refractivity contribution in [2.75, 3.05) is 26.2 Å². The Kier molecular flexibility index (Phi) is 6.42. The maximum atomic E-state index is 6.04. The van der Waals surface area contributed by atoms with Crippen molar-refractivity contribution in [1.82, 2.24) is 15.1 Å². The highest BCUT2D eigenvalue weighted by Gasteiger charge is 2.25. The average molecular weight is 396 g/mol. The number of benzene rings is 2. The molecule has 4 rings (SSSR count). The van der Waals surface area contributed by atoms with Crippen molar-refractivity contribution in [3.05, 3.63) is 77.1 Å². The lowest BCUT2D eigenvalue weighted by atomic mass is 9.90. The number of piperidine rings is 1. The van der Waals surface area contributed by atoms with Gasteiger partial charge in [0.15, 0.2) is 0 Å². The minimum absolute atomic E-state index is 0.469. The van der Waals surface area contributed by atoms with Crippen LogP contribution in [0.4, 0.5) is 0 Å². The molecule has 1 fully saturated rings. The summed E-state index contributed by atoms with van der Waals surface area (Å²) in [5.74, 6) is 0.469. The molecule has 3 aromatic rings. The van der Waals surface area contributed by atoms with Crippen molar-refractivity contribution in [1.29, 1.82) is 0 Å². The van der Waals surface area contributed by atoms with Gasteiger partial charge in [-0.1, -0.05) is 54.1 Å². The molecule has 2 heterocycles. The predicted molar refractivity (Wildman–Crippen MR) is 114 cm³/mol. The molecule has 1 aliphatic heterocycles. The number of nitrogens with one attached hydrogen (secondary N) is 1. The molecular formula is C23H26ClN3O. The summed E-state index contributed by atoms with van der Waals surface area (Å²) in [5.41, 5.74) is 4.81. The predicted octanol–water partition coefficient (Wildman–Crippen LogP) is 5.13. The summed E-state index contributed by atoms with van der Waals surface area (Å²) in [7, 11) is 0. The third kappa shape index (κ3) is 4.82. The Labute approximate surface area is 171 Å². The third-order valence-electron chi connectivity index (χ3n) is 5.40. The molecule has 0 saturated carbocycles. The van der Waals surface area contributed by atoms with E-state index in [-0.39, 0.29) is 0 Å². The van der Waals surface area contributed by atoms with Gasteiger partial charge in [-0.15, -0.1) is 0 Å². The molecular weight excluding hydrogens is 370 g/mol. The quantitative estimate of drug-likeness (QED) is 0.564. The normalized spacial score (nSPS) is 17.7. The van der Waals surface area contributed by atoms with E-state index in [0.717, 1.165) is 36.8 Å². The van der Waals surface area contributed by atoms with E-state index in [9.17, 15) is 0 Å². The van der Waals surface area contributed by atoms with Crippen molar-refractivity contribution >= 4 is 11.6 Å². The second kappa shape index (κ2) is 9.37. The minimum atomic E-state index is 0.469. The van der Waals surface area contributed by atoms with Crippen LogP contribution in [0.3, 0.4) is 0 Å². The number of nitrogens with zero attached hydrogens (tertiary/aromatic N) is 2. The molecule has 1 atom stereocenters. The van der Waals surface area contributed by atoms with E-state index < -0.39 is 0 Å². The molecule has 5 heteroatoms. The highest BCUT2D eigenvalue weighted by Crippen LogP contribution is 2.33. The van der Waals surface area contributed by atoms with Crippen molar-refractivity contribution in [3.8, 4) is 11.1 Å². The number of H-pyrrole nitrogens is 1. The van der Waals surface area contributed by atoms with Gasteiger partial charge in [0, 0.05) is 35.3 Å². The zero-order valence-corrected chi connectivity index (χ0v) is 16.7. The van der Waals surface area contributed by atoms with Gasteiger partial charge in [-0.05, 0) is 42.6 Å². The SMILES string of the molecule is Clc1ccc(-c2cn[nH]c2[C@H]2CCCN(CCOCc3ccccc3)C2)cc1. The average Bonchev–Trinajstić information content (AvgIpc) is 3.23. The number of hydrogen-bond donors (Lipinski definition) is 1. The molecule has 2 aromatic carbocycles. The maximum absolute atomic E-state index is 6.04. The summed E-state index contributed by atoms with van der Waals surface area (Å²) in [5, 5.41) is 8.34. The molecule has 0 bridgehead atoms. The van der Waals surface area contributed by atoms with Gasteiger partial charge in [-0.25, -0.2) is 0 Å². The maximum Gasteiger partial charge on any atom is 0.0717 e. The standard InChI is InChI=1S/C23H26ClN3O/c24-21-10-8-19(9-11-21)22-15-25-26-23(22)20-7-4-12-27(16-20)13-14-28-17-18-5-2-1-3-6-18/h1-3,5-6,8-11,15,20H,4,7,12-14,16-17H2,(H,25,26)/t20-/m0/s1. The van der Waals surface area contributed by atoms with Gasteiger partial charge in [-0.3, -0.25) is 5.10 Å². The van der Waals surface area contributed by atoms with Gasteiger partial charge in [0.1, 0.15) is 0 Å². The smallest absolute Gasteiger partial charge is 0.0717 e. The second-order valence-electron chi connectivity index (χ2n) is 7.38. The van der Waals surface area contributed by atoms with Crippen LogP contribution in [0.2, 0.25) is 5.02 Å². The fraction of sp³-hybridized carbons (Fsp3) is 0.348. The van der Waals surface area contributed by atoms with Crippen LogP contribution in [-0.4, -0.2) is 41.3 Å². The Morgan fingerprint density at radius 2 is 1.93 bits per heavy atom. The van der Waals surface area contributed by atoms with Gasteiger partial charge >= 0.3 is 0 Å². The van der Waals surface area contributed by atoms with E-state index in [0.29, 0.717) is 12.5 Å². The van der Waals surface area contributed by atoms with E-state index in [1.54, 1.807) is 0 Å². The first-order chi connectivity index (χ1) is 13.8. The van der Waals surface area contributed by atoms with Crippen LogP contribution >= 0.6 is 11.6 Å². The van der Waals surface area contributed by atoms with Crippen LogP contribution in [-0.2, 0) is 11.3 Å². The van der Waals surface area contributed by atoms with Crippen LogP contribution in [0.5, 0.6) is 0 Å². The zero-order chi connectivity index (χ0) is 19.2. The van der Waals surface area contributed by atoms with E-state index in [1.807, 2.05) is 24.4 Å². The first-order valence-electron chi connectivity index (χ1n) is 9.93. The molecule has 146 valence electrons.